The van der Waals surface area contributed by atoms with Gasteiger partial charge >= 0.3 is 16.4 Å². The predicted octanol–water partition coefficient (Wildman–Crippen LogP) is 0.139. The summed E-state index contributed by atoms with van der Waals surface area (Å²) in [6.45, 7) is 3.87. The highest BCUT2D eigenvalue weighted by molar-refractivity contribution is 7.80. The number of nitrogen functional groups attached to an aromatic ring is 1. The van der Waals surface area contributed by atoms with Crippen molar-refractivity contribution >= 4 is 67.8 Å². The smallest absolute Gasteiger partial charge is 0.418 e. The molecule has 4 rings (SSSR count). The predicted molar refractivity (Wildman–Crippen MR) is 164 cm³/mol. The van der Waals surface area contributed by atoms with Crippen LogP contribution in [0.3, 0.4) is 0 Å². The number of oxime groups is 1. The number of hydroxylamine groups is 2. The summed E-state index contributed by atoms with van der Waals surface area (Å²) in [6, 6.07) is 5.21. The van der Waals surface area contributed by atoms with Crippen molar-refractivity contribution in [3.8, 4) is 5.75 Å². The van der Waals surface area contributed by atoms with Crippen molar-refractivity contribution in [2.75, 3.05) is 25.4 Å². The number of aromatic nitrogens is 1. The van der Waals surface area contributed by atoms with Crippen molar-refractivity contribution in [2.45, 2.75) is 50.4 Å². The molecule has 46 heavy (non-hydrogen) atoms. The maximum absolute atomic E-state index is 13.3. The van der Waals surface area contributed by atoms with Crippen LogP contribution in [0.2, 0.25) is 4.34 Å². The zero-order valence-corrected chi connectivity index (χ0v) is 26.7. The molecule has 0 spiro atoms. The summed E-state index contributed by atoms with van der Waals surface area (Å²) in [6.07, 6.45) is 0.0580. The van der Waals surface area contributed by atoms with Crippen LogP contribution in [-0.4, -0.2) is 101 Å². The molecule has 1 aromatic heterocycles. The molecular formula is C25H31ClN8O10S2. The zero-order valence-electron chi connectivity index (χ0n) is 24.4. The number of benzene rings is 1. The van der Waals surface area contributed by atoms with Crippen LogP contribution < -0.4 is 26.4 Å². The van der Waals surface area contributed by atoms with Gasteiger partial charge in [0.05, 0.1) is 5.54 Å². The fourth-order valence-corrected chi connectivity index (χ4v) is 5.86. The molecule has 2 aliphatic rings. The average Bonchev–Trinajstić information content (AvgIpc) is 3.33. The van der Waals surface area contributed by atoms with Crippen molar-refractivity contribution < 1.29 is 46.3 Å². The quantitative estimate of drug-likeness (QED) is 0.0481. The Kier molecular flexibility index (Phi) is 10.7. The molecule has 2 atom stereocenters. The van der Waals surface area contributed by atoms with Crippen molar-refractivity contribution in [1.29, 1.82) is 5.41 Å². The minimum Gasteiger partial charge on any atom is -0.489 e. The van der Waals surface area contributed by atoms with E-state index in [1.54, 1.807) is 24.3 Å². The molecule has 0 bridgehead atoms. The van der Waals surface area contributed by atoms with E-state index in [2.05, 4.69) is 30.4 Å². The monoisotopic (exact) mass is 702 g/mol. The largest absolute Gasteiger partial charge is 0.489 e. The number of nitrogens with one attached hydrogen (secondary N) is 4. The highest BCUT2D eigenvalue weighted by Gasteiger charge is 2.58. The molecule has 2 aromatic rings. The Morgan fingerprint density at radius 3 is 2.48 bits per heavy atom. The van der Waals surface area contributed by atoms with Crippen molar-refractivity contribution in [2.24, 2.45) is 5.16 Å². The average molecular weight is 703 g/mol. The Morgan fingerprint density at radius 2 is 1.93 bits per heavy atom. The third-order valence-corrected chi connectivity index (χ3v) is 8.36. The molecule has 0 radical (unpaired) electrons. The van der Waals surface area contributed by atoms with Gasteiger partial charge in [0.1, 0.15) is 34.3 Å². The molecule has 0 saturated carbocycles. The number of β-lactam (4-membered cyclic amide) rings is 1. The number of nitrogens with zero attached hydrogens (tertiary/aromatic N) is 3. The molecule has 2 amide bonds. The van der Waals surface area contributed by atoms with Gasteiger partial charge in [0.15, 0.2) is 10.8 Å². The third kappa shape index (κ3) is 8.39. The number of carbonyl (C=O) groups is 3. The number of carbonyl (C=O) groups excluding carboxylic acids is 2. The molecule has 3 heterocycles. The second kappa shape index (κ2) is 14.1. The molecule has 1 aromatic carbocycles. The first-order valence-corrected chi connectivity index (χ1v) is 16.1. The van der Waals surface area contributed by atoms with Gasteiger partial charge in [-0.1, -0.05) is 28.1 Å². The maximum atomic E-state index is 13.3. The number of ether oxygens (including phenoxy) is 1. The molecule has 0 aliphatic carbocycles. The van der Waals surface area contributed by atoms with E-state index in [1.165, 1.54) is 13.8 Å². The Hall–Kier alpha value is -4.08. The maximum Gasteiger partial charge on any atom is 0.418 e. The zero-order chi connectivity index (χ0) is 33.8. The van der Waals surface area contributed by atoms with E-state index in [-0.39, 0.29) is 32.8 Å². The molecule has 8 N–H and O–H groups in total. The Bertz CT molecular complexity index is 1630. The lowest BCUT2D eigenvalue weighted by Crippen LogP contribution is -2.76. The number of nitrogens with two attached hydrogens (primary N) is 1. The lowest BCUT2D eigenvalue weighted by atomic mass is 9.84. The standard InChI is InChI=1S/C25H31ClN8O10S2/c1-25(2)18(22(36)34(25)44-46(39,40)41)32-21(35)17(16-19(26)45-24(28)31-16)33-43-15(23(37)38)11-42-14-5-3-12(4-6-14)20(27)30-13-7-9-29-10-8-13/h3-6,13,15,18,29H,7-11H2,1-2H3,(H2,27,30)(H2,28,31)(H,32,35)(H,37,38)(H,39,40,41). The summed E-state index contributed by atoms with van der Waals surface area (Å²) in [5.41, 5.74) is 3.91. The van der Waals surface area contributed by atoms with Crippen molar-refractivity contribution in [1.82, 2.24) is 26.0 Å². The summed E-state index contributed by atoms with van der Waals surface area (Å²) < 4.78 is 40.9. The van der Waals surface area contributed by atoms with Gasteiger partial charge in [0.25, 0.3) is 17.9 Å². The number of carboxylic acid groups (broad SMARTS) is 1. The molecule has 2 unspecified atom stereocenters. The van der Waals surface area contributed by atoms with Gasteiger partial charge in [-0.15, -0.1) is 4.28 Å². The summed E-state index contributed by atoms with van der Waals surface area (Å²) in [4.78, 5) is 46.8. The number of hydrogen-bond donors (Lipinski definition) is 7. The normalized spacial score (nSPS) is 19.1. The van der Waals surface area contributed by atoms with Crippen molar-refractivity contribution in [3.05, 3.63) is 39.9 Å². The first kappa shape index (κ1) is 34.8. The van der Waals surface area contributed by atoms with E-state index in [1.807, 2.05) is 0 Å². The van der Waals surface area contributed by atoms with Crippen LogP contribution in [-0.2, 0) is 33.9 Å². The fraction of sp³-hybridized carbons (Fsp3) is 0.440. The number of halogens is 1. The molecule has 2 saturated heterocycles. The first-order valence-electron chi connectivity index (χ1n) is 13.6. The topological polar surface area (TPSA) is 268 Å². The van der Waals surface area contributed by atoms with Gasteiger partial charge in [-0.05, 0) is 64.0 Å². The number of rotatable bonds is 13. The van der Waals surface area contributed by atoms with E-state index < -0.39 is 58.2 Å². The van der Waals surface area contributed by atoms with Gasteiger partial charge in [0.2, 0.25) is 0 Å². The van der Waals surface area contributed by atoms with Crippen LogP contribution in [0.4, 0.5) is 5.13 Å². The van der Waals surface area contributed by atoms with E-state index in [9.17, 15) is 27.9 Å². The molecule has 250 valence electrons. The van der Waals surface area contributed by atoms with Gasteiger partial charge in [-0.2, -0.15) is 13.5 Å². The number of anilines is 1. The van der Waals surface area contributed by atoms with Gasteiger partial charge in [0, 0.05) is 11.6 Å². The number of thiazole rings is 1. The summed E-state index contributed by atoms with van der Waals surface area (Å²) in [7, 11) is -5.04. The molecule has 18 nitrogen and oxygen atoms in total. The Morgan fingerprint density at radius 1 is 1.28 bits per heavy atom. The minimum atomic E-state index is -5.04. The summed E-state index contributed by atoms with van der Waals surface area (Å²) >= 11 is 6.95. The molecule has 21 heteroatoms. The first-order chi connectivity index (χ1) is 21.6. The van der Waals surface area contributed by atoms with Crippen LogP contribution >= 0.6 is 22.9 Å². The Balaban J connectivity index is 1.44. The van der Waals surface area contributed by atoms with Crippen LogP contribution in [0, 0.1) is 5.41 Å². The van der Waals surface area contributed by atoms with Crippen LogP contribution in [0.25, 0.3) is 0 Å². The molecule has 2 fully saturated rings. The SMILES string of the molecule is CC1(C)C(NC(=O)C(=NOC(COc2ccc(C(=N)NC3CCNCC3)cc2)C(=O)O)c2nc(N)sc2Cl)C(=O)N1OS(=O)(=O)O. The number of piperidine rings is 1. The van der Waals surface area contributed by atoms with Gasteiger partial charge in [-0.3, -0.25) is 19.6 Å². The molecule has 2 aliphatic heterocycles. The second-order valence-electron chi connectivity index (χ2n) is 10.6. The van der Waals surface area contributed by atoms with Crippen LogP contribution in [0.1, 0.15) is 37.9 Å². The fourth-order valence-electron chi connectivity index (χ4n) is 4.48. The van der Waals surface area contributed by atoms with Crippen LogP contribution in [0.5, 0.6) is 5.75 Å². The number of amidine groups is 1. The Labute approximate surface area is 271 Å². The number of carboxylic acids is 1. The highest BCUT2D eigenvalue weighted by atomic mass is 35.5. The van der Waals surface area contributed by atoms with E-state index in [4.69, 9.17) is 36.9 Å². The van der Waals surface area contributed by atoms with Gasteiger partial charge in [-0.25, -0.2) is 9.78 Å². The number of amides is 2. The molecular weight excluding hydrogens is 672 g/mol. The summed E-state index contributed by atoms with van der Waals surface area (Å²) in [5, 5.41) is 30.8. The van der Waals surface area contributed by atoms with E-state index in [0.29, 0.717) is 10.6 Å². The van der Waals surface area contributed by atoms with E-state index in [0.717, 1.165) is 37.3 Å². The number of aliphatic carboxylic acids is 1. The summed E-state index contributed by atoms with van der Waals surface area (Å²) in [5.74, 6) is -3.11. The number of hydrogen-bond acceptors (Lipinski definition) is 14. The lowest BCUT2D eigenvalue weighted by molar-refractivity contribution is -0.218. The van der Waals surface area contributed by atoms with Crippen molar-refractivity contribution in [3.63, 3.8) is 0 Å². The van der Waals surface area contributed by atoms with Crippen LogP contribution in [0.15, 0.2) is 29.4 Å². The third-order valence-electron chi connectivity index (χ3n) is 6.94. The lowest BCUT2D eigenvalue weighted by Gasteiger charge is -2.50. The second-order valence-corrected chi connectivity index (χ2v) is 13.3. The van der Waals surface area contributed by atoms with Gasteiger partial charge < -0.3 is 36.4 Å². The minimum absolute atomic E-state index is 0.0612. The van der Waals surface area contributed by atoms with E-state index >= 15 is 0 Å². The highest BCUT2D eigenvalue weighted by Crippen LogP contribution is 2.33.